The van der Waals surface area contributed by atoms with Crippen LogP contribution in [0, 0.1) is 0 Å². The number of hydrogen-bond acceptors (Lipinski definition) is 2. The quantitative estimate of drug-likeness (QED) is 0.384. The Kier molecular flexibility index (Phi) is 7.16. The molecule has 0 aliphatic heterocycles. The van der Waals surface area contributed by atoms with Gasteiger partial charge in [-0.25, -0.2) is 0 Å². The number of carbonyl (C=O) groups excluding carboxylic acids is 1. The fourth-order valence-electron chi connectivity index (χ4n) is 1.87. The van der Waals surface area contributed by atoms with E-state index in [0.29, 0.717) is 6.42 Å². The SMILES string of the molecule is CCCCCC(=O)Oc1ccccc1CCCC. The minimum absolute atomic E-state index is 0.104. The van der Waals surface area contributed by atoms with Crippen molar-refractivity contribution in [2.45, 2.75) is 58.8 Å². The second kappa shape index (κ2) is 8.73. The predicted octanol–water partition coefficient (Wildman–Crippen LogP) is 4.51. The van der Waals surface area contributed by atoms with E-state index in [9.17, 15) is 4.79 Å². The molecule has 2 nitrogen and oxygen atoms in total. The first kappa shape index (κ1) is 14.7. The van der Waals surface area contributed by atoms with E-state index in [2.05, 4.69) is 13.8 Å². The molecule has 0 fully saturated rings. The molecule has 0 unspecified atom stereocenters. The average molecular weight is 248 g/mol. The van der Waals surface area contributed by atoms with Gasteiger partial charge in [0.15, 0.2) is 0 Å². The first-order valence-corrected chi connectivity index (χ1v) is 7.06. The van der Waals surface area contributed by atoms with Gasteiger partial charge in [0.05, 0.1) is 0 Å². The van der Waals surface area contributed by atoms with Crippen LogP contribution in [0.2, 0.25) is 0 Å². The highest BCUT2D eigenvalue weighted by molar-refractivity contribution is 5.72. The molecule has 0 aliphatic rings. The van der Waals surface area contributed by atoms with Crippen molar-refractivity contribution in [3.05, 3.63) is 29.8 Å². The number of rotatable bonds is 8. The summed E-state index contributed by atoms with van der Waals surface area (Å²) in [6, 6.07) is 7.86. The zero-order chi connectivity index (χ0) is 13.2. The van der Waals surface area contributed by atoms with E-state index < -0.39 is 0 Å². The van der Waals surface area contributed by atoms with E-state index in [-0.39, 0.29) is 5.97 Å². The van der Waals surface area contributed by atoms with Crippen LogP contribution < -0.4 is 4.74 Å². The summed E-state index contributed by atoms with van der Waals surface area (Å²) in [6.07, 6.45) is 6.92. The van der Waals surface area contributed by atoms with E-state index in [1.54, 1.807) is 0 Å². The summed E-state index contributed by atoms with van der Waals surface area (Å²) in [5, 5.41) is 0. The highest BCUT2D eigenvalue weighted by atomic mass is 16.5. The van der Waals surface area contributed by atoms with Crippen molar-refractivity contribution in [3.8, 4) is 5.75 Å². The molecular weight excluding hydrogens is 224 g/mol. The van der Waals surface area contributed by atoms with E-state index in [0.717, 1.165) is 49.8 Å². The van der Waals surface area contributed by atoms with Gasteiger partial charge >= 0.3 is 5.97 Å². The Morgan fingerprint density at radius 3 is 2.50 bits per heavy atom. The smallest absolute Gasteiger partial charge is 0.311 e. The summed E-state index contributed by atoms with van der Waals surface area (Å²) in [5.41, 5.74) is 1.14. The minimum Gasteiger partial charge on any atom is -0.426 e. The summed E-state index contributed by atoms with van der Waals surface area (Å²) in [4.78, 5) is 11.7. The van der Waals surface area contributed by atoms with Crippen molar-refractivity contribution >= 4 is 5.97 Å². The molecule has 100 valence electrons. The second-order valence-electron chi connectivity index (χ2n) is 4.64. The first-order valence-electron chi connectivity index (χ1n) is 7.06. The van der Waals surface area contributed by atoms with Gasteiger partial charge in [-0.2, -0.15) is 0 Å². The Hall–Kier alpha value is -1.31. The van der Waals surface area contributed by atoms with Crippen LogP contribution in [0.25, 0.3) is 0 Å². The minimum atomic E-state index is -0.104. The van der Waals surface area contributed by atoms with Gasteiger partial charge in [-0.3, -0.25) is 4.79 Å². The van der Waals surface area contributed by atoms with Gasteiger partial charge in [-0.15, -0.1) is 0 Å². The van der Waals surface area contributed by atoms with Crippen LogP contribution in [0.4, 0.5) is 0 Å². The molecular formula is C16H24O2. The largest absolute Gasteiger partial charge is 0.426 e. The van der Waals surface area contributed by atoms with Gasteiger partial charge in [0.2, 0.25) is 0 Å². The molecule has 0 aromatic heterocycles. The molecule has 0 saturated carbocycles. The van der Waals surface area contributed by atoms with Gasteiger partial charge in [0.1, 0.15) is 5.75 Å². The number of para-hydroxylation sites is 1. The fourth-order valence-corrected chi connectivity index (χ4v) is 1.87. The van der Waals surface area contributed by atoms with Crippen molar-refractivity contribution < 1.29 is 9.53 Å². The Labute approximate surface area is 110 Å². The normalized spacial score (nSPS) is 10.3. The number of carbonyl (C=O) groups is 1. The van der Waals surface area contributed by atoms with Crippen LogP contribution in [-0.2, 0) is 11.2 Å². The molecule has 1 aromatic carbocycles. The van der Waals surface area contributed by atoms with Crippen LogP contribution in [0.15, 0.2) is 24.3 Å². The standard InChI is InChI=1S/C16H24O2/c1-3-5-7-13-16(17)18-15-12-9-8-11-14(15)10-6-4-2/h8-9,11-12H,3-7,10,13H2,1-2H3. The van der Waals surface area contributed by atoms with E-state index >= 15 is 0 Å². The molecule has 0 aliphatic carbocycles. The Bertz CT molecular complexity index is 358. The number of hydrogen-bond donors (Lipinski definition) is 0. The van der Waals surface area contributed by atoms with Crippen molar-refractivity contribution in [3.63, 3.8) is 0 Å². The number of ether oxygens (including phenoxy) is 1. The maximum atomic E-state index is 11.7. The highest BCUT2D eigenvalue weighted by Crippen LogP contribution is 2.20. The zero-order valence-electron chi connectivity index (χ0n) is 11.6. The van der Waals surface area contributed by atoms with Gasteiger partial charge in [-0.05, 0) is 30.9 Å². The van der Waals surface area contributed by atoms with Crippen LogP contribution in [-0.4, -0.2) is 5.97 Å². The van der Waals surface area contributed by atoms with Crippen LogP contribution in [0.1, 0.15) is 57.9 Å². The molecule has 0 spiro atoms. The third-order valence-electron chi connectivity index (χ3n) is 2.98. The second-order valence-corrected chi connectivity index (χ2v) is 4.64. The van der Waals surface area contributed by atoms with Crippen molar-refractivity contribution in [2.24, 2.45) is 0 Å². The summed E-state index contributed by atoms with van der Waals surface area (Å²) >= 11 is 0. The molecule has 1 rings (SSSR count). The monoisotopic (exact) mass is 248 g/mol. The lowest BCUT2D eigenvalue weighted by atomic mass is 10.1. The lowest BCUT2D eigenvalue weighted by molar-refractivity contribution is -0.134. The van der Waals surface area contributed by atoms with E-state index in [1.165, 1.54) is 0 Å². The summed E-state index contributed by atoms with van der Waals surface area (Å²) in [7, 11) is 0. The molecule has 0 saturated heterocycles. The molecule has 0 N–H and O–H groups in total. The zero-order valence-corrected chi connectivity index (χ0v) is 11.6. The molecule has 0 radical (unpaired) electrons. The maximum absolute atomic E-state index is 11.7. The molecule has 18 heavy (non-hydrogen) atoms. The third kappa shape index (κ3) is 5.35. The van der Waals surface area contributed by atoms with Gasteiger partial charge in [0.25, 0.3) is 0 Å². The third-order valence-corrected chi connectivity index (χ3v) is 2.98. The van der Waals surface area contributed by atoms with Crippen molar-refractivity contribution in [2.75, 3.05) is 0 Å². The van der Waals surface area contributed by atoms with Gasteiger partial charge in [0, 0.05) is 6.42 Å². The molecule has 0 atom stereocenters. The molecule has 0 amide bonds. The number of esters is 1. The van der Waals surface area contributed by atoms with Gasteiger partial charge < -0.3 is 4.74 Å². The Morgan fingerprint density at radius 1 is 1.06 bits per heavy atom. The average Bonchev–Trinajstić information content (AvgIpc) is 2.38. The molecule has 0 bridgehead atoms. The lowest BCUT2D eigenvalue weighted by Crippen LogP contribution is -2.09. The number of unbranched alkanes of at least 4 members (excludes halogenated alkanes) is 3. The van der Waals surface area contributed by atoms with Gasteiger partial charge in [-0.1, -0.05) is 51.3 Å². The van der Waals surface area contributed by atoms with Crippen LogP contribution in [0.3, 0.4) is 0 Å². The maximum Gasteiger partial charge on any atom is 0.311 e. The van der Waals surface area contributed by atoms with Crippen LogP contribution in [0.5, 0.6) is 5.75 Å². The summed E-state index contributed by atoms with van der Waals surface area (Å²) in [5.74, 6) is 0.639. The predicted molar refractivity (Wildman–Crippen MR) is 74.8 cm³/mol. The summed E-state index contributed by atoms with van der Waals surface area (Å²) < 4.78 is 5.45. The topological polar surface area (TPSA) is 26.3 Å². The molecule has 0 heterocycles. The Morgan fingerprint density at radius 2 is 1.78 bits per heavy atom. The number of aryl methyl sites for hydroxylation is 1. The first-order chi connectivity index (χ1) is 8.77. The van der Waals surface area contributed by atoms with E-state index in [4.69, 9.17) is 4.74 Å². The fraction of sp³-hybridized carbons (Fsp3) is 0.562. The molecule has 2 heteroatoms. The Balaban J connectivity index is 2.51. The van der Waals surface area contributed by atoms with Crippen molar-refractivity contribution in [1.29, 1.82) is 0 Å². The van der Waals surface area contributed by atoms with Crippen LogP contribution >= 0.6 is 0 Å². The number of benzene rings is 1. The summed E-state index contributed by atoms with van der Waals surface area (Å²) in [6.45, 7) is 4.30. The van der Waals surface area contributed by atoms with Crippen molar-refractivity contribution in [1.82, 2.24) is 0 Å². The highest BCUT2D eigenvalue weighted by Gasteiger charge is 2.08. The lowest BCUT2D eigenvalue weighted by Gasteiger charge is -2.09. The van der Waals surface area contributed by atoms with E-state index in [1.807, 2.05) is 24.3 Å². The molecule has 1 aromatic rings.